The molecule has 1 aromatic rings. The van der Waals surface area contributed by atoms with Gasteiger partial charge in [0.1, 0.15) is 0 Å². The third kappa shape index (κ3) is 5.12. The first-order valence-electron chi connectivity index (χ1n) is 8.63. The minimum atomic E-state index is 0.196. The van der Waals surface area contributed by atoms with Crippen molar-refractivity contribution >= 4 is 0 Å². The van der Waals surface area contributed by atoms with Gasteiger partial charge in [0.2, 0.25) is 0 Å². The number of benzene rings is 1. The van der Waals surface area contributed by atoms with Crippen LogP contribution in [0.25, 0.3) is 0 Å². The Bertz CT molecular complexity index is 381. The Morgan fingerprint density at radius 2 is 1.52 bits per heavy atom. The van der Waals surface area contributed by atoms with Gasteiger partial charge in [-0.25, -0.2) is 0 Å². The zero-order valence-electron chi connectivity index (χ0n) is 14.6. The Balaban J connectivity index is 3.01. The fourth-order valence-electron chi connectivity index (χ4n) is 3.03. The van der Waals surface area contributed by atoms with E-state index in [0.29, 0.717) is 6.04 Å². The predicted octanol–water partition coefficient (Wildman–Crippen LogP) is 4.53. The molecule has 120 valence electrons. The van der Waals surface area contributed by atoms with Gasteiger partial charge in [0.15, 0.2) is 0 Å². The normalized spacial score (nSPS) is 14.7. The smallest absolute Gasteiger partial charge is 0.0499 e. The van der Waals surface area contributed by atoms with Crippen molar-refractivity contribution in [2.45, 2.75) is 66.0 Å². The summed E-state index contributed by atoms with van der Waals surface area (Å²) in [6.07, 6.45) is 3.50. The molecule has 0 spiro atoms. The van der Waals surface area contributed by atoms with Gasteiger partial charge in [0.25, 0.3) is 0 Å². The molecule has 2 N–H and O–H groups in total. The molecule has 0 saturated carbocycles. The summed E-state index contributed by atoms with van der Waals surface area (Å²) < 4.78 is 0. The van der Waals surface area contributed by atoms with E-state index in [4.69, 9.17) is 5.73 Å². The second-order valence-electron chi connectivity index (χ2n) is 6.20. The van der Waals surface area contributed by atoms with E-state index in [9.17, 15) is 0 Å². The van der Waals surface area contributed by atoms with Crippen LogP contribution in [0, 0.1) is 12.8 Å². The van der Waals surface area contributed by atoms with Crippen LogP contribution in [0.2, 0.25) is 0 Å². The van der Waals surface area contributed by atoms with Gasteiger partial charge < -0.3 is 5.73 Å². The SMILES string of the molecule is CCC(CC)CN(CC)C(c1ccc(C)cc1)C(N)CC. The lowest BCUT2D eigenvalue weighted by atomic mass is 9.93. The number of nitrogens with zero attached hydrogens (tertiary/aromatic N) is 1. The van der Waals surface area contributed by atoms with E-state index >= 15 is 0 Å². The van der Waals surface area contributed by atoms with Crippen LogP contribution in [0.3, 0.4) is 0 Å². The first-order valence-corrected chi connectivity index (χ1v) is 8.63. The highest BCUT2D eigenvalue weighted by Crippen LogP contribution is 2.27. The van der Waals surface area contributed by atoms with Gasteiger partial charge in [-0.05, 0) is 31.4 Å². The third-order valence-corrected chi connectivity index (χ3v) is 4.74. The van der Waals surface area contributed by atoms with Gasteiger partial charge in [-0.15, -0.1) is 0 Å². The minimum Gasteiger partial charge on any atom is -0.326 e. The van der Waals surface area contributed by atoms with Crippen LogP contribution in [-0.2, 0) is 0 Å². The molecule has 21 heavy (non-hydrogen) atoms. The molecule has 2 heteroatoms. The average molecular weight is 290 g/mol. The van der Waals surface area contributed by atoms with E-state index in [0.717, 1.165) is 25.4 Å². The minimum absolute atomic E-state index is 0.196. The van der Waals surface area contributed by atoms with E-state index < -0.39 is 0 Å². The molecule has 2 atom stereocenters. The van der Waals surface area contributed by atoms with E-state index in [2.05, 4.69) is 63.8 Å². The number of hydrogen-bond acceptors (Lipinski definition) is 2. The summed E-state index contributed by atoms with van der Waals surface area (Å²) in [5.74, 6) is 0.766. The number of rotatable bonds is 9. The lowest BCUT2D eigenvalue weighted by Crippen LogP contribution is -2.42. The molecular weight excluding hydrogens is 256 g/mol. The van der Waals surface area contributed by atoms with Crippen molar-refractivity contribution in [3.8, 4) is 0 Å². The fourth-order valence-corrected chi connectivity index (χ4v) is 3.03. The molecule has 0 bridgehead atoms. The first kappa shape index (κ1) is 18.2. The van der Waals surface area contributed by atoms with E-state index in [1.165, 1.54) is 24.0 Å². The molecule has 1 aromatic carbocycles. The Morgan fingerprint density at radius 1 is 0.952 bits per heavy atom. The van der Waals surface area contributed by atoms with Gasteiger partial charge in [0.05, 0.1) is 0 Å². The van der Waals surface area contributed by atoms with Crippen LogP contribution in [0.4, 0.5) is 0 Å². The van der Waals surface area contributed by atoms with Crippen molar-refractivity contribution in [2.75, 3.05) is 13.1 Å². The van der Waals surface area contributed by atoms with E-state index in [1.807, 2.05) is 0 Å². The lowest BCUT2D eigenvalue weighted by Gasteiger charge is -2.37. The molecule has 0 radical (unpaired) electrons. The zero-order chi connectivity index (χ0) is 15.8. The molecule has 0 aliphatic rings. The second-order valence-corrected chi connectivity index (χ2v) is 6.20. The summed E-state index contributed by atoms with van der Waals surface area (Å²) in [4.78, 5) is 2.58. The number of likely N-dealkylation sites (N-methyl/N-ethyl adjacent to an activating group) is 1. The summed E-state index contributed by atoms with van der Waals surface area (Å²) >= 11 is 0. The monoisotopic (exact) mass is 290 g/mol. The molecule has 1 rings (SSSR count). The number of aryl methyl sites for hydroxylation is 1. The predicted molar refractivity (Wildman–Crippen MR) is 93.5 cm³/mol. The Morgan fingerprint density at radius 3 is 1.95 bits per heavy atom. The lowest BCUT2D eigenvalue weighted by molar-refractivity contribution is 0.147. The highest BCUT2D eigenvalue weighted by molar-refractivity contribution is 5.25. The maximum absolute atomic E-state index is 6.48. The summed E-state index contributed by atoms with van der Waals surface area (Å²) in [6, 6.07) is 9.45. The van der Waals surface area contributed by atoms with Crippen LogP contribution in [0.1, 0.15) is 64.1 Å². The summed E-state index contributed by atoms with van der Waals surface area (Å²) in [7, 11) is 0. The molecule has 0 aliphatic heterocycles. The van der Waals surface area contributed by atoms with Crippen LogP contribution >= 0.6 is 0 Å². The Labute approximate surface area is 131 Å². The van der Waals surface area contributed by atoms with Gasteiger partial charge >= 0.3 is 0 Å². The topological polar surface area (TPSA) is 29.3 Å². The summed E-state index contributed by atoms with van der Waals surface area (Å²) in [5.41, 5.74) is 9.16. The van der Waals surface area contributed by atoms with Crippen molar-refractivity contribution in [2.24, 2.45) is 11.7 Å². The molecule has 0 fully saturated rings. The van der Waals surface area contributed by atoms with Crippen LogP contribution in [-0.4, -0.2) is 24.0 Å². The van der Waals surface area contributed by atoms with E-state index in [-0.39, 0.29) is 6.04 Å². The Kier molecular flexibility index (Phi) is 7.98. The number of hydrogen-bond donors (Lipinski definition) is 1. The molecular formula is C19H34N2. The van der Waals surface area contributed by atoms with Crippen molar-refractivity contribution in [1.82, 2.24) is 4.90 Å². The molecule has 0 aliphatic carbocycles. The van der Waals surface area contributed by atoms with Gasteiger partial charge in [-0.1, -0.05) is 70.4 Å². The second kappa shape index (κ2) is 9.22. The molecule has 2 unspecified atom stereocenters. The number of nitrogens with two attached hydrogens (primary N) is 1. The van der Waals surface area contributed by atoms with Crippen molar-refractivity contribution in [3.63, 3.8) is 0 Å². The maximum atomic E-state index is 6.48. The van der Waals surface area contributed by atoms with Gasteiger partial charge in [0, 0.05) is 18.6 Å². The highest BCUT2D eigenvalue weighted by Gasteiger charge is 2.26. The van der Waals surface area contributed by atoms with E-state index in [1.54, 1.807) is 0 Å². The average Bonchev–Trinajstić information content (AvgIpc) is 2.52. The van der Waals surface area contributed by atoms with Crippen LogP contribution in [0.5, 0.6) is 0 Å². The summed E-state index contributed by atoms with van der Waals surface area (Å²) in [6.45, 7) is 13.4. The quantitative estimate of drug-likeness (QED) is 0.724. The highest BCUT2D eigenvalue weighted by atomic mass is 15.2. The van der Waals surface area contributed by atoms with Gasteiger partial charge in [-0.2, -0.15) is 0 Å². The van der Waals surface area contributed by atoms with Crippen molar-refractivity contribution in [3.05, 3.63) is 35.4 Å². The largest absolute Gasteiger partial charge is 0.326 e. The first-order chi connectivity index (χ1) is 10.1. The zero-order valence-corrected chi connectivity index (χ0v) is 14.6. The van der Waals surface area contributed by atoms with Crippen LogP contribution < -0.4 is 5.73 Å². The van der Waals surface area contributed by atoms with Gasteiger partial charge in [-0.3, -0.25) is 4.90 Å². The third-order valence-electron chi connectivity index (χ3n) is 4.74. The molecule has 0 amide bonds. The fraction of sp³-hybridized carbons (Fsp3) is 0.684. The Hall–Kier alpha value is -0.860. The standard InChI is InChI=1S/C19H34N2/c1-6-16(7-2)14-21(9-4)19(18(20)8-3)17-12-10-15(5)11-13-17/h10-13,16,18-19H,6-9,14,20H2,1-5H3. The van der Waals surface area contributed by atoms with Crippen molar-refractivity contribution in [1.29, 1.82) is 0 Å². The molecule has 0 aromatic heterocycles. The summed E-state index contributed by atoms with van der Waals surface area (Å²) in [5, 5.41) is 0. The van der Waals surface area contributed by atoms with Crippen LogP contribution in [0.15, 0.2) is 24.3 Å². The van der Waals surface area contributed by atoms with Crippen molar-refractivity contribution < 1.29 is 0 Å². The molecule has 0 heterocycles. The maximum Gasteiger partial charge on any atom is 0.0499 e. The molecule has 0 saturated heterocycles. The molecule has 2 nitrogen and oxygen atoms in total.